The van der Waals surface area contributed by atoms with E-state index in [0.717, 1.165) is 11.3 Å². The number of benzene rings is 2. The molecule has 21 heavy (non-hydrogen) atoms. The normalized spacial score (nSPS) is 10.3. The average molecular weight is 278 g/mol. The molecule has 3 aromatic rings. The molecule has 0 aliphatic heterocycles. The van der Waals surface area contributed by atoms with Crippen LogP contribution in [0.5, 0.6) is 0 Å². The van der Waals surface area contributed by atoms with Crippen LogP contribution in [-0.4, -0.2) is 11.2 Å². The zero-order valence-electron chi connectivity index (χ0n) is 11.2. The molecule has 1 heterocycles. The Balaban J connectivity index is 1.83. The van der Waals surface area contributed by atoms with Gasteiger partial charge in [0.2, 0.25) is 0 Å². The van der Waals surface area contributed by atoms with Crippen molar-refractivity contribution >= 4 is 23.6 Å². The summed E-state index contributed by atoms with van der Waals surface area (Å²) in [5.41, 5.74) is 8.70. The largest absolute Gasteiger partial charge is 0.423 e. The Bertz CT molecular complexity index is 765. The molecule has 0 bridgehead atoms. The van der Waals surface area contributed by atoms with E-state index in [1.165, 1.54) is 6.21 Å². The lowest BCUT2D eigenvalue weighted by atomic mass is 10.2. The fraction of sp³-hybridized carbons (Fsp3) is 0. The van der Waals surface area contributed by atoms with Crippen molar-refractivity contribution in [3.05, 3.63) is 60.3 Å². The number of hydrogen-bond donors (Lipinski definition) is 3. The molecule has 0 aliphatic rings. The van der Waals surface area contributed by atoms with E-state index < -0.39 is 0 Å². The number of oxazole rings is 1. The fourth-order valence-corrected chi connectivity index (χ4v) is 1.97. The Kier molecular flexibility index (Phi) is 3.39. The number of nitrogens with two attached hydrogens (primary N) is 1. The van der Waals surface area contributed by atoms with Gasteiger partial charge in [-0.05, 0) is 18.2 Å². The number of nitrogen functional groups attached to an aromatic ring is 1. The summed E-state index contributed by atoms with van der Waals surface area (Å²) in [4.78, 5) is 4.20. The molecule has 0 saturated heterocycles. The maximum atomic E-state index is 7.31. The Labute approximate surface area is 121 Å². The summed E-state index contributed by atoms with van der Waals surface area (Å²) >= 11 is 0. The molecule has 0 radical (unpaired) electrons. The topological polar surface area (TPSA) is 87.9 Å². The van der Waals surface area contributed by atoms with E-state index in [2.05, 4.69) is 10.3 Å². The zero-order valence-corrected chi connectivity index (χ0v) is 11.2. The Hall–Kier alpha value is -3.08. The van der Waals surface area contributed by atoms with Gasteiger partial charge in [-0.2, -0.15) is 0 Å². The fourth-order valence-electron chi connectivity index (χ4n) is 1.97. The van der Waals surface area contributed by atoms with Crippen molar-refractivity contribution in [3.8, 4) is 11.3 Å². The number of anilines is 3. The molecule has 2 aromatic carbocycles. The van der Waals surface area contributed by atoms with Gasteiger partial charge in [-0.15, -0.1) is 0 Å². The van der Waals surface area contributed by atoms with Crippen LogP contribution in [0.1, 0.15) is 5.56 Å². The highest BCUT2D eigenvalue weighted by molar-refractivity contribution is 5.87. The molecule has 0 amide bonds. The third-order valence-electron chi connectivity index (χ3n) is 3.06. The van der Waals surface area contributed by atoms with E-state index in [4.69, 9.17) is 15.6 Å². The Morgan fingerprint density at radius 2 is 1.95 bits per heavy atom. The second-order valence-electron chi connectivity index (χ2n) is 4.51. The lowest BCUT2D eigenvalue weighted by Gasteiger charge is -2.05. The van der Waals surface area contributed by atoms with Crippen molar-refractivity contribution in [1.29, 1.82) is 5.41 Å². The van der Waals surface area contributed by atoms with Crippen LogP contribution in [0, 0.1) is 5.41 Å². The van der Waals surface area contributed by atoms with Crippen molar-refractivity contribution < 1.29 is 4.42 Å². The molecule has 0 saturated carbocycles. The van der Waals surface area contributed by atoms with Crippen molar-refractivity contribution in [2.75, 3.05) is 11.1 Å². The van der Waals surface area contributed by atoms with Crippen LogP contribution in [0.4, 0.5) is 17.4 Å². The summed E-state index contributed by atoms with van der Waals surface area (Å²) in [6, 6.07) is 15.5. The number of aromatic nitrogens is 1. The first-order valence-electron chi connectivity index (χ1n) is 6.44. The van der Waals surface area contributed by atoms with Crippen LogP contribution < -0.4 is 11.1 Å². The highest BCUT2D eigenvalue weighted by Crippen LogP contribution is 2.25. The minimum Gasteiger partial charge on any atom is -0.423 e. The van der Waals surface area contributed by atoms with Crippen LogP contribution >= 0.6 is 0 Å². The molecule has 3 rings (SSSR count). The lowest BCUT2D eigenvalue weighted by Crippen LogP contribution is -1.96. The molecule has 4 N–H and O–H groups in total. The first kappa shape index (κ1) is 12.9. The van der Waals surface area contributed by atoms with Crippen LogP contribution in [0.3, 0.4) is 0 Å². The first-order chi connectivity index (χ1) is 10.3. The maximum absolute atomic E-state index is 7.31. The number of rotatable bonds is 4. The minimum absolute atomic E-state index is 0.398. The van der Waals surface area contributed by atoms with E-state index in [1.54, 1.807) is 18.3 Å². The van der Waals surface area contributed by atoms with E-state index in [1.807, 2.05) is 36.4 Å². The second kappa shape index (κ2) is 5.50. The first-order valence-corrected chi connectivity index (χ1v) is 6.44. The highest BCUT2D eigenvalue weighted by Gasteiger charge is 2.07. The zero-order chi connectivity index (χ0) is 14.7. The molecule has 0 fully saturated rings. The molecule has 0 spiro atoms. The van der Waals surface area contributed by atoms with Crippen LogP contribution in [0.2, 0.25) is 0 Å². The summed E-state index contributed by atoms with van der Waals surface area (Å²) in [7, 11) is 0. The van der Waals surface area contributed by atoms with Crippen molar-refractivity contribution in [2.24, 2.45) is 0 Å². The molecule has 0 unspecified atom stereocenters. The third-order valence-corrected chi connectivity index (χ3v) is 3.06. The second-order valence-corrected chi connectivity index (χ2v) is 4.51. The minimum atomic E-state index is 0.398. The maximum Gasteiger partial charge on any atom is 0.299 e. The van der Waals surface area contributed by atoms with Gasteiger partial charge >= 0.3 is 0 Å². The molecule has 5 heteroatoms. The molecule has 104 valence electrons. The van der Waals surface area contributed by atoms with Crippen LogP contribution in [-0.2, 0) is 0 Å². The molecule has 0 atom stereocenters. The molecule has 0 aliphatic carbocycles. The van der Waals surface area contributed by atoms with Gasteiger partial charge in [-0.25, -0.2) is 4.98 Å². The van der Waals surface area contributed by atoms with E-state index in [0.29, 0.717) is 23.0 Å². The molecular formula is C16H14N4O. The smallest absolute Gasteiger partial charge is 0.299 e. The van der Waals surface area contributed by atoms with Gasteiger partial charge < -0.3 is 20.9 Å². The number of hydrogen-bond acceptors (Lipinski definition) is 5. The van der Waals surface area contributed by atoms with Gasteiger partial charge in [0.05, 0.1) is 6.20 Å². The van der Waals surface area contributed by atoms with Gasteiger partial charge in [-0.1, -0.05) is 30.3 Å². The van der Waals surface area contributed by atoms with Crippen molar-refractivity contribution in [3.63, 3.8) is 0 Å². The predicted octanol–water partition coefficient (Wildman–Crippen LogP) is 3.67. The lowest BCUT2D eigenvalue weighted by molar-refractivity contribution is 0.592. The SMILES string of the molecule is N=Cc1cc(Nc2ncc(-c3ccccc3)o2)ccc1N. The van der Waals surface area contributed by atoms with Crippen LogP contribution in [0.25, 0.3) is 11.3 Å². The monoisotopic (exact) mass is 278 g/mol. The van der Waals surface area contributed by atoms with E-state index in [-0.39, 0.29) is 0 Å². The molecule has 5 nitrogen and oxygen atoms in total. The van der Waals surface area contributed by atoms with Crippen LogP contribution in [0.15, 0.2) is 59.1 Å². The Morgan fingerprint density at radius 3 is 2.71 bits per heavy atom. The predicted molar refractivity (Wildman–Crippen MR) is 84.0 cm³/mol. The highest BCUT2D eigenvalue weighted by atomic mass is 16.4. The molecular weight excluding hydrogens is 264 g/mol. The number of nitrogens with zero attached hydrogens (tertiary/aromatic N) is 1. The van der Waals surface area contributed by atoms with Crippen molar-refractivity contribution in [1.82, 2.24) is 4.98 Å². The summed E-state index contributed by atoms with van der Waals surface area (Å²) in [6.45, 7) is 0. The summed E-state index contributed by atoms with van der Waals surface area (Å²) in [5, 5.41) is 10.4. The third kappa shape index (κ3) is 2.76. The van der Waals surface area contributed by atoms with Gasteiger partial charge in [0.25, 0.3) is 6.01 Å². The summed E-state index contributed by atoms with van der Waals surface area (Å²) in [6.07, 6.45) is 2.89. The van der Waals surface area contributed by atoms with Gasteiger partial charge in [0.15, 0.2) is 5.76 Å². The average Bonchev–Trinajstić information content (AvgIpc) is 2.98. The van der Waals surface area contributed by atoms with E-state index >= 15 is 0 Å². The van der Waals surface area contributed by atoms with Gasteiger partial charge in [0.1, 0.15) is 0 Å². The standard InChI is InChI=1S/C16H14N4O/c17-9-12-8-13(6-7-14(12)18)20-16-19-10-15(21-16)11-4-2-1-3-5-11/h1-10,17H,18H2,(H,19,20). The summed E-state index contributed by atoms with van der Waals surface area (Å²) < 4.78 is 5.67. The summed E-state index contributed by atoms with van der Waals surface area (Å²) in [5.74, 6) is 0.695. The van der Waals surface area contributed by atoms with Crippen molar-refractivity contribution in [2.45, 2.75) is 0 Å². The number of nitrogens with one attached hydrogen (secondary N) is 2. The Morgan fingerprint density at radius 1 is 1.14 bits per heavy atom. The van der Waals surface area contributed by atoms with Gasteiger partial charge in [0, 0.05) is 28.7 Å². The van der Waals surface area contributed by atoms with Gasteiger partial charge in [-0.3, -0.25) is 0 Å². The van der Waals surface area contributed by atoms with E-state index in [9.17, 15) is 0 Å². The quantitative estimate of drug-likeness (QED) is 0.502. The molecule has 1 aromatic heterocycles.